The van der Waals surface area contributed by atoms with Crippen LogP contribution in [0, 0.1) is 0 Å². The molecule has 0 saturated heterocycles. The Hall–Kier alpha value is -1.81. The number of methoxy groups -OCH3 is 1. The highest BCUT2D eigenvalue weighted by Gasteiger charge is 2.20. The van der Waals surface area contributed by atoms with E-state index in [1.807, 2.05) is 12.1 Å². The molecule has 100 valence electrons. The van der Waals surface area contributed by atoms with Crippen LogP contribution >= 0.6 is 0 Å². The summed E-state index contributed by atoms with van der Waals surface area (Å²) in [5.74, 6) is 1.84. The smallest absolute Gasteiger partial charge is 0.118 e. The third-order valence-electron chi connectivity index (χ3n) is 3.60. The number of aryl methyl sites for hydroxylation is 1. The maximum atomic E-state index is 9.65. The second-order valence-electron chi connectivity index (χ2n) is 5.03. The highest BCUT2D eigenvalue weighted by Crippen LogP contribution is 2.21. The van der Waals surface area contributed by atoms with Gasteiger partial charge in [0.1, 0.15) is 11.6 Å². The van der Waals surface area contributed by atoms with Crippen LogP contribution in [-0.4, -0.2) is 28.3 Å². The highest BCUT2D eigenvalue weighted by atomic mass is 16.5. The van der Waals surface area contributed by atoms with Crippen LogP contribution in [0.1, 0.15) is 29.2 Å². The number of aromatic amines is 1. The van der Waals surface area contributed by atoms with E-state index >= 15 is 0 Å². The molecule has 1 aromatic carbocycles. The lowest BCUT2D eigenvalue weighted by atomic mass is 9.99. The van der Waals surface area contributed by atoms with E-state index in [1.54, 1.807) is 7.11 Å². The molecule has 1 heterocycles. The number of H-pyrrole nitrogens is 1. The van der Waals surface area contributed by atoms with E-state index in [4.69, 9.17) is 4.74 Å². The van der Waals surface area contributed by atoms with Gasteiger partial charge in [-0.15, -0.1) is 0 Å². The van der Waals surface area contributed by atoms with Gasteiger partial charge in [0.15, 0.2) is 0 Å². The predicted octanol–water partition coefficient (Wildman–Crippen LogP) is 1.86. The first-order valence-electron chi connectivity index (χ1n) is 6.62. The van der Waals surface area contributed by atoms with Gasteiger partial charge in [0.2, 0.25) is 0 Å². The molecule has 0 bridgehead atoms. The van der Waals surface area contributed by atoms with Gasteiger partial charge in [-0.3, -0.25) is 0 Å². The second kappa shape index (κ2) is 5.05. The third-order valence-corrected chi connectivity index (χ3v) is 3.60. The van der Waals surface area contributed by atoms with Crippen molar-refractivity contribution in [1.29, 1.82) is 0 Å². The zero-order valence-electron chi connectivity index (χ0n) is 11.0. The SMILES string of the molecule is COc1ccc(Cc2nc3c([nH]2)CC(O)CC3)cc1. The molecule has 0 radical (unpaired) electrons. The average Bonchev–Trinajstić information content (AvgIpc) is 2.81. The summed E-state index contributed by atoms with van der Waals surface area (Å²) in [6.45, 7) is 0. The van der Waals surface area contributed by atoms with Crippen LogP contribution in [-0.2, 0) is 19.3 Å². The minimum Gasteiger partial charge on any atom is -0.497 e. The molecule has 1 aromatic heterocycles. The Bertz CT molecular complexity index is 560. The largest absolute Gasteiger partial charge is 0.497 e. The van der Waals surface area contributed by atoms with Crippen molar-refractivity contribution in [2.75, 3.05) is 7.11 Å². The van der Waals surface area contributed by atoms with Gasteiger partial charge in [0.25, 0.3) is 0 Å². The molecule has 2 aromatic rings. The van der Waals surface area contributed by atoms with Crippen molar-refractivity contribution in [3.8, 4) is 5.75 Å². The van der Waals surface area contributed by atoms with Crippen molar-refractivity contribution in [3.05, 3.63) is 47.0 Å². The molecule has 0 spiro atoms. The number of benzene rings is 1. The van der Waals surface area contributed by atoms with E-state index in [9.17, 15) is 5.11 Å². The minimum atomic E-state index is -0.221. The number of nitrogens with zero attached hydrogens (tertiary/aromatic N) is 1. The van der Waals surface area contributed by atoms with Gasteiger partial charge in [-0.25, -0.2) is 4.98 Å². The van der Waals surface area contributed by atoms with Crippen molar-refractivity contribution in [1.82, 2.24) is 9.97 Å². The van der Waals surface area contributed by atoms with E-state index in [2.05, 4.69) is 22.1 Å². The fourth-order valence-corrected chi connectivity index (χ4v) is 2.54. The maximum absolute atomic E-state index is 9.65. The molecular formula is C15H18N2O2. The number of hydrogen-bond donors (Lipinski definition) is 2. The lowest BCUT2D eigenvalue weighted by Crippen LogP contribution is -2.18. The van der Waals surface area contributed by atoms with Gasteiger partial charge in [-0.1, -0.05) is 12.1 Å². The Morgan fingerprint density at radius 3 is 2.89 bits per heavy atom. The van der Waals surface area contributed by atoms with Crippen LogP contribution in [0.15, 0.2) is 24.3 Å². The number of aliphatic hydroxyl groups excluding tert-OH is 1. The van der Waals surface area contributed by atoms with Gasteiger partial charge < -0.3 is 14.8 Å². The zero-order chi connectivity index (χ0) is 13.2. The molecule has 0 fully saturated rings. The molecule has 1 aliphatic rings. The van der Waals surface area contributed by atoms with Crippen LogP contribution in [0.3, 0.4) is 0 Å². The van der Waals surface area contributed by atoms with E-state index in [1.165, 1.54) is 5.56 Å². The summed E-state index contributed by atoms with van der Waals surface area (Å²) in [4.78, 5) is 7.96. The van der Waals surface area contributed by atoms with E-state index in [-0.39, 0.29) is 6.10 Å². The highest BCUT2D eigenvalue weighted by molar-refractivity contribution is 5.30. The summed E-state index contributed by atoms with van der Waals surface area (Å²) in [5, 5.41) is 9.65. The van der Waals surface area contributed by atoms with Crippen LogP contribution in [0.4, 0.5) is 0 Å². The van der Waals surface area contributed by atoms with Gasteiger partial charge >= 0.3 is 0 Å². The Balaban J connectivity index is 1.76. The maximum Gasteiger partial charge on any atom is 0.118 e. The number of aromatic nitrogens is 2. The first kappa shape index (κ1) is 12.2. The number of imidazole rings is 1. The lowest BCUT2D eigenvalue weighted by molar-refractivity contribution is 0.157. The van der Waals surface area contributed by atoms with Gasteiger partial charge in [-0.2, -0.15) is 0 Å². The number of rotatable bonds is 3. The lowest BCUT2D eigenvalue weighted by Gasteiger charge is -2.14. The fraction of sp³-hybridized carbons (Fsp3) is 0.400. The molecule has 19 heavy (non-hydrogen) atoms. The van der Waals surface area contributed by atoms with Gasteiger partial charge in [0, 0.05) is 18.5 Å². The van der Waals surface area contributed by atoms with Crippen LogP contribution in [0.25, 0.3) is 0 Å². The summed E-state index contributed by atoms with van der Waals surface area (Å²) in [7, 11) is 1.67. The normalized spacial score (nSPS) is 18.1. The molecule has 4 heteroatoms. The molecule has 0 saturated carbocycles. The molecule has 1 unspecified atom stereocenters. The molecule has 2 N–H and O–H groups in total. The van der Waals surface area contributed by atoms with Crippen molar-refractivity contribution in [2.24, 2.45) is 0 Å². The second-order valence-corrected chi connectivity index (χ2v) is 5.03. The van der Waals surface area contributed by atoms with E-state index < -0.39 is 0 Å². The first-order valence-corrected chi connectivity index (χ1v) is 6.62. The summed E-state index contributed by atoms with van der Waals surface area (Å²) in [5.41, 5.74) is 3.42. The predicted molar refractivity (Wildman–Crippen MR) is 72.4 cm³/mol. The fourth-order valence-electron chi connectivity index (χ4n) is 2.54. The Labute approximate surface area is 112 Å². The Morgan fingerprint density at radius 1 is 1.37 bits per heavy atom. The summed E-state index contributed by atoms with van der Waals surface area (Å²) in [6.07, 6.45) is 2.95. The van der Waals surface area contributed by atoms with Crippen molar-refractivity contribution >= 4 is 0 Å². The Kier molecular flexibility index (Phi) is 3.25. The van der Waals surface area contributed by atoms with E-state index in [0.29, 0.717) is 6.42 Å². The molecule has 4 nitrogen and oxygen atoms in total. The molecular weight excluding hydrogens is 240 g/mol. The number of fused-ring (bicyclic) bond motifs is 1. The van der Waals surface area contributed by atoms with Crippen molar-refractivity contribution in [3.63, 3.8) is 0 Å². The van der Waals surface area contributed by atoms with Crippen molar-refractivity contribution in [2.45, 2.75) is 31.8 Å². The van der Waals surface area contributed by atoms with Crippen LogP contribution in [0.5, 0.6) is 5.75 Å². The molecule has 1 aliphatic carbocycles. The number of nitrogens with one attached hydrogen (secondary N) is 1. The molecule has 0 amide bonds. The number of ether oxygens (including phenoxy) is 1. The summed E-state index contributed by atoms with van der Waals surface area (Å²) >= 11 is 0. The third kappa shape index (κ3) is 2.63. The molecule has 1 atom stereocenters. The minimum absolute atomic E-state index is 0.221. The van der Waals surface area contributed by atoms with Crippen molar-refractivity contribution < 1.29 is 9.84 Å². The monoisotopic (exact) mass is 258 g/mol. The van der Waals surface area contributed by atoms with Crippen LogP contribution < -0.4 is 4.74 Å². The molecule has 3 rings (SSSR count). The Morgan fingerprint density at radius 2 is 2.16 bits per heavy atom. The van der Waals surface area contributed by atoms with E-state index in [0.717, 1.165) is 42.2 Å². The van der Waals surface area contributed by atoms with Crippen LogP contribution in [0.2, 0.25) is 0 Å². The number of hydrogen-bond acceptors (Lipinski definition) is 3. The quantitative estimate of drug-likeness (QED) is 0.883. The zero-order valence-corrected chi connectivity index (χ0v) is 11.0. The average molecular weight is 258 g/mol. The summed E-state index contributed by atoms with van der Waals surface area (Å²) < 4.78 is 5.15. The van der Waals surface area contributed by atoms with Gasteiger partial charge in [-0.05, 0) is 30.5 Å². The molecule has 0 aliphatic heterocycles. The number of aliphatic hydroxyl groups is 1. The first-order chi connectivity index (χ1) is 9.24. The topological polar surface area (TPSA) is 58.1 Å². The standard InChI is InChI=1S/C15H18N2O2/c1-19-12-5-2-10(3-6-12)8-15-16-13-7-4-11(18)9-14(13)17-15/h2-3,5-6,11,18H,4,7-9H2,1H3,(H,16,17). The summed E-state index contributed by atoms with van der Waals surface area (Å²) in [6, 6.07) is 8.02. The van der Waals surface area contributed by atoms with Gasteiger partial charge in [0.05, 0.1) is 18.9 Å².